The molecule has 1 aromatic carbocycles. The van der Waals surface area contributed by atoms with E-state index in [4.69, 9.17) is 18.9 Å². The number of esters is 3. The molecule has 0 aromatic heterocycles. The van der Waals surface area contributed by atoms with Gasteiger partial charge in [0.25, 0.3) is 0 Å². The Morgan fingerprint density at radius 1 is 1.10 bits per heavy atom. The fourth-order valence-electron chi connectivity index (χ4n) is 2.74. The van der Waals surface area contributed by atoms with Gasteiger partial charge in [-0.25, -0.2) is 14.4 Å². The Bertz CT molecular complexity index is 835. The van der Waals surface area contributed by atoms with Crippen LogP contribution in [0.1, 0.15) is 24.2 Å². The average Bonchev–Trinajstić information content (AvgIpc) is 2.70. The molecule has 0 spiro atoms. The largest absolute Gasteiger partial charge is 0.490 e. The first kappa shape index (κ1) is 22.4. The summed E-state index contributed by atoms with van der Waals surface area (Å²) in [5.74, 6) is -2.31. The van der Waals surface area contributed by atoms with Crippen LogP contribution in [0.2, 0.25) is 0 Å². The van der Waals surface area contributed by atoms with E-state index in [9.17, 15) is 24.4 Å². The van der Waals surface area contributed by atoms with Crippen LogP contribution in [-0.2, 0) is 28.5 Å². The molecule has 0 radical (unpaired) electrons. The molecule has 29 heavy (non-hydrogen) atoms. The minimum absolute atomic E-state index is 0.0257. The second-order valence-electron chi connectivity index (χ2n) is 6.32. The summed E-state index contributed by atoms with van der Waals surface area (Å²) in [5, 5.41) is 19.5. The lowest BCUT2D eigenvalue weighted by molar-refractivity contribution is -0.140. The fraction of sp³-hybridized carbons (Fsp3) is 0.389. The average molecular weight is 407 g/mol. The highest BCUT2D eigenvalue weighted by Crippen LogP contribution is 2.27. The van der Waals surface area contributed by atoms with E-state index in [1.54, 1.807) is 13.8 Å². The van der Waals surface area contributed by atoms with Crippen LogP contribution in [0.15, 0.2) is 29.5 Å². The summed E-state index contributed by atoms with van der Waals surface area (Å²) in [6.07, 6.45) is -0.371. The lowest BCUT2D eigenvalue weighted by atomic mass is 9.78. The third kappa shape index (κ3) is 4.94. The molecule has 0 saturated heterocycles. The lowest BCUT2D eigenvalue weighted by Gasteiger charge is -2.32. The number of carbonyl (C=O) groups excluding carboxylic acids is 3. The SMILES string of the molecule is COC(=O)C1=C(C(=O)OC)N(c2cc(C(=O)OC(C)C)ccc2B(O)O)COC1. The highest BCUT2D eigenvalue weighted by molar-refractivity contribution is 6.60. The Balaban J connectivity index is 2.66. The van der Waals surface area contributed by atoms with Crippen molar-refractivity contribution >= 4 is 36.2 Å². The molecule has 1 aliphatic rings. The lowest BCUT2D eigenvalue weighted by Crippen LogP contribution is -2.43. The molecule has 156 valence electrons. The molecular formula is C18H22BNO9. The predicted molar refractivity (Wildman–Crippen MR) is 101 cm³/mol. The second-order valence-corrected chi connectivity index (χ2v) is 6.32. The number of methoxy groups -OCH3 is 2. The predicted octanol–water partition coefficient (Wildman–Crippen LogP) is -0.674. The Hall–Kier alpha value is -2.89. The van der Waals surface area contributed by atoms with E-state index in [0.717, 1.165) is 14.2 Å². The standard InChI is InChI=1S/C18H22BNO9/c1-10(2)29-16(21)11-5-6-13(19(24)25)14(7-11)20-9-28-8-12(17(22)26-3)15(20)18(23)27-4/h5-7,10,24-25H,8-9H2,1-4H3. The first-order chi connectivity index (χ1) is 13.7. The van der Waals surface area contributed by atoms with Gasteiger partial charge < -0.3 is 33.9 Å². The van der Waals surface area contributed by atoms with Crippen LogP contribution >= 0.6 is 0 Å². The van der Waals surface area contributed by atoms with Crippen LogP contribution in [0.3, 0.4) is 0 Å². The zero-order valence-electron chi connectivity index (χ0n) is 16.5. The second kappa shape index (κ2) is 9.55. The molecule has 0 atom stereocenters. The number of hydrogen-bond donors (Lipinski definition) is 2. The third-order valence-corrected chi connectivity index (χ3v) is 4.01. The van der Waals surface area contributed by atoms with Gasteiger partial charge in [0.05, 0.1) is 38.1 Å². The van der Waals surface area contributed by atoms with Gasteiger partial charge >= 0.3 is 25.0 Å². The summed E-state index contributed by atoms with van der Waals surface area (Å²) in [6.45, 7) is 2.95. The number of rotatable bonds is 6. The summed E-state index contributed by atoms with van der Waals surface area (Å²) in [7, 11) is 0.354. The molecule has 0 aliphatic carbocycles. The normalized spacial score (nSPS) is 14.0. The minimum Gasteiger partial charge on any atom is -0.466 e. The van der Waals surface area contributed by atoms with Crippen molar-refractivity contribution in [3.05, 3.63) is 35.0 Å². The highest BCUT2D eigenvalue weighted by atomic mass is 16.5. The Morgan fingerprint density at radius 3 is 2.31 bits per heavy atom. The van der Waals surface area contributed by atoms with E-state index in [-0.39, 0.29) is 47.4 Å². The van der Waals surface area contributed by atoms with Crippen LogP contribution in [0.4, 0.5) is 5.69 Å². The molecule has 1 aromatic rings. The number of anilines is 1. The molecule has 11 heteroatoms. The van der Waals surface area contributed by atoms with E-state index in [1.165, 1.54) is 23.1 Å². The first-order valence-electron chi connectivity index (χ1n) is 8.67. The van der Waals surface area contributed by atoms with Gasteiger partial charge in [0.2, 0.25) is 0 Å². The summed E-state index contributed by atoms with van der Waals surface area (Å²) >= 11 is 0. The third-order valence-electron chi connectivity index (χ3n) is 4.01. The molecule has 1 heterocycles. The quantitative estimate of drug-likeness (QED) is 0.355. The summed E-state index contributed by atoms with van der Waals surface area (Å²) in [6, 6.07) is 3.97. The molecule has 0 amide bonds. The molecule has 2 N–H and O–H groups in total. The fourth-order valence-corrected chi connectivity index (χ4v) is 2.74. The smallest absolute Gasteiger partial charge is 0.466 e. The van der Waals surface area contributed by atoms with Gasteiger partial charge in [-0.15, -0.1) is 0 Å². The van der Waals surface area contributed by atoms with E-state index >= 15 is 0 Å². The number of nitrogens with zero attached hydrogens (tertiary/aromatic N) is 1. The summed E-state index contributed by atoms with van der Waals surface area (Å²) < 4.78 is 20.0. The van der Waals surface area contributed by atoms with Crippen LogP contribution in [0.25, 0.3) is 0 Å². The Labute approximate surface area is 167 Å². The van der Waals surface area contributed by atoms with Gasteiger partial charge in [0.15, 0.2) is 0 Å². The van der Waals surface area contributed by atoms with E-state index in [0.29, 0.717) is 0 Å². The number of carbonyl (C=O) groups is 3. The van der Waals surface area contributed by atoms with Crippen LogP contribution in [0.5, 0.6) is 0 Å². The Morgan fingerprint density at radius 2 is 1.76 bits per heavy atom. The number of ether oxygens (including phenoxy) is 4. The van der Waals surface area contributed by atoms with E-state index in [2.05, 4.69) is 0 Å². The summed E-state index contributed by atoms with van der Waals surface area (Å²) in [5.41, 5.74) is -0.171. The van der Waals surface area contributed by atoms with E-state index in [1.807, 2.05) is 0 Å². The molecule has 2 rings (SSSR count). The maximum absolute atomic E-state index is 12.4. The maximum Gasteiger partial charge on any atom is 0.490 e. The van der Waals surface area contributed by atoms with Crippen molar-refractivity contribution in [2.24, 2.45) is 0 Å². The zero-order valence-corrected chi connectivity index (χ0v) is 16.5. The van der Waals surface area contributed by atoms with Crippen molar-refractivity contribution in [3.63, 3.8) is 0 Å². The number of benzene rings is 1. The van der Waals surface area contributed by atoms with Crippen LogP contribution in [-0.4, -0.2) is 68.7 Å². The van der Waals surface area contributed by atoms with Crippen LogP contribution in [0, 0.1) is 0 Å². The molecule has 0 unspecified atom stereocenters. The molecule has 1 aliphatic heterocycles. The van der Waals surface area contributed by atoms with Crippen molar-refractivity contribution in [1.29, 1.82) is 0 Å². The van der Waals surface area contributed by atoms with Crippen molar-refractivity contribution in [2.75, 3.05) is 32.5 Å². The van der Waals surface area contributed by atoms with Gasteiger partial charge in [0.1, 0.15) is 12.4 Å². The van der Waals surface area contributed by atoms with Crippen LogP contribution < -0.4 is 10.4 Å². The van der Waals surface area contributed by atoms with Gasteiger partial charge in [0, 0.05) is 11.2 Å². The van der Waals surface area contributed by atoms with Crippen molar-refractivity contribution in [1.82, 2.24) is 0 Å². The molecular weight excluding hydrogens is 385 g/mol. The minimum atomic E-state index is -1.93. The number of hydrogen-bond acceptors (Lipinski definition) is 10. The Kier molecular flexibility index (Phi) is 7.37. The first-order valence-corrected chi connectivity index (χ1v) is 8.67. The zero-order chi connectivity index (χ0) is 21.7. The molecule has 10 nitrogen and oxygen atoms in total. The van der Waals surface area contributed by atoms with E-state index < -0.39 is 25.0 Å². The van der Waals surface area contributed by atoms with Gasteiger partial charge in [-0.05, 0) is 26.0 Å². The van der Waals surface area contributed by atoms with Gasteiger partial charge in [-0.2, -0.15) is 0 Å². The highest BCUT2D eigenvalue weighted by Gasteiger charge is 2.35. The van der Waals surface area contributed by atoms with Gasteiger partial charge in [-0.3, -0.25) is 0 Å². The molecule has 0 fully saturated rings. The van der Waals surface area contributed by atoms with Crippen molar-refractivity contribution in [3.8, 4) is 0 Å². The molecule has 0 bridgehead atoms. The monoisotopic (exact) mass is 407 g/mol. The summed E-state index contributed by atoms with van der Waals surface area (Å²) in [4.78, 5) is 38.0. The maximum atomic E-state index is 12.4. The van der Waals surface area contributed by atoms with Crippen molar-refractivity contribution in [2.45, 2.75) is 20.0 Å². The van der Waals surface area contributed by atoms with Crippen molar-refractivity contribution < 1.29 is 43.4 Å². The topological polar surface area (TPSA) is 132 Å². The van der Waals surface area contributed by atoms with Gasteiger partial charge in [-0.1, -0.05) is 6.07 Å². The molecule has 0 saturated carbocycles.